The lowest BCUT2D eigenvalue weighted by Gasteiger charge is -2.30. The van der Waals surface area contributed by atoms with E-state index in [4.69, 9.17) is 19.4 Å². The number of carbonyl (C=O) groups is 4. The van der Waals surface area contributed by atoms with Gasteiger partial charge in [0.1, 0.15) is 35.5 Å². The van der Waals surface area contributed by atoms with Crippen LogP contribution in [-0.4, -0.2) is 88.2 Å². The molecular formula is C41H54N6O8S. The van der Waals surface area contributed by atoms with Gasteiger partial charge in [0.15, 0.2) is 0 Å². The lowest BCUT2D eigenvalue weighted by Crippen LogP contribution is -2.58. The Morgan fingerprint density at radius 3 is 2.48 bits per heavy atom. The number of aryl methyl sites for hydroxylation is 1. The molecular weight excluding hydrogens is 737 g/mol. The quantitative estimate of drug-likeness (QED) is 0.367. The van der Waals surface area contributed by atoms with Crippen molar-refractivity contribution >= 4 is 44.9 Å². The summed E-state index contributed by atoms with van der Waals surface area (Å²) in [4.78, 5) is 67.9. The van der Waals surface area contributed by atoms with Gasteiger partial charge in [-0.3, -0.25) is 19.1 Å². The zero-order valence-electron chi connectivity index (χ0n) is 32.2. The Morgan fingerprint density at radius 1 is 0.929 bits per heavy atom. The first kappa shape index (κ1) is 38.6. The monoisotopic (exact) mass is 790 g/mol. The van der Waals surface area contributed by atoms with Crippen LogP contribution in [0.2, 0.25) is 0 Å². The number of aromatic nitrogens is 2. The highest BCUT2D eigenvalue weighted by Crippen LogP contribution is 2.47. The minimum atomic E-state index is -3.98. The molecule has 0 radical (unpaired) electrons. The van der Waals surface area contributed by atoms with Crippen molar-refractivity contribution in [3.8, 4) is 5.88 Å². The van der Waals surface area contributed by atoms with Crippen molar-refractivity contribution in [1.82, 2.24) is 30.2 Å². The van der Waals surface area contributed by atoms with Crippen LogP contribution in [0.3, 0.4) is 0 Å². The summed E-state index contributed by atoms with van der Waals surface area (Å²) in [6.45, 7) is 1.63. The van der Waals surface area contributed by atoms with Gasteiger partial charge in [0, 0.05) is 12.3 Å². The van der Waals surface area contributed by atoms with Crippen molar-refractivity contribution in [3.05, 3.63) is 42.1 Å². The number of ether oxygens (including phenoxy) is 2. The average molecular weight is 791 g/mol. The van der Waals surface area contributed by atoms with Gasteiger partial charge in [-0.25, -0.2) is 23.2 Å². The van der Waals surface area contributed by atoms with Crippen LogP contribution < -0.4 is 20.1 Å². The molecule has 302 valence electrons. The first-order chi connectivity index (χ1) is 26.9. The molecule has 15 heteroatoms. The van der Waals surface area contributed by atoms with Crippen molar-refractivity contribution in [1.29, 1.82) is 0 Å². The van der Waals surface area contributed by atoms with Gasteiger partial charge >= 0.3 is 6.09 Å². The average Bonchev–Trinajstić information content (AvgIpc) is 3.97. The molecule has 2 aromatic rings. The smallest absolute Gasteiger partial charge is 0.408 e. The van der Waals surface area contributed by atoms with Gasteiger partial charge in [0.05, 0.1) is 22.3 Å². The summed E-state index contributed by atoms with van der Waals surface area (Å²) < 4.78 is 40.3. The SMILES string of the molecule is CC1(S(=O)(=O)NC(=O)[C@@]23C[C@H]2/C=C\CCCCC[C@@H]2NC(=O)O[C@@H]4CCCC4CCCCCc4nc5ccccc5nc4O[C@@H]4C[C@@H](C(=O)N3)N(C4)C2=O)CC1. The first-order valence-corrected chi connectivity index (χ1v) is 22.2. The Balaban J connectivity index is 1.13. The standard InChI is InChI=1S/C41H54N6O8S/c1-40(21-22-40)56(52,53)46-38(50)41-24-27(41)15-7-3-2-4-8-19-32-37(49)47-25-28(23-33(47)35(48)45-41)54-36-31(42-29-16-10-11-17-30(29)43-36)18-9-5-6-13-26-14-12-20-34(26)55-39(51)44-32/h7,10-11,15-17,26-28,32-34H,2-6,8-9,12-14,18-25H2,1H3,(H,44,51)(H,45,48)(H,46,50)/b15-7-/t26?,27-,28-,32+,33+,34-,41-/m1/s1. The zero-order chi connectivity index (χ0) is 39.1. The van der Waals surface area contributed by atoms with E-state index in [9.17, 15) is 27.6 Å². The number of carbonyl (C=O) groups excluding carboxylic acids is 4. The Hall–Kier alpha value is -4.27. The third-order valence-corrected chi connectivity index (χ3v) is 15.1. The van der Waals surface area contributed by atoms with Crippen molar-refractivity contribution in [2.75, 3.05) is 6.54 Å². The predicted octanol–water partition coefficient (Wildman–Crippen LogP) is 4.75. The fourth-order valence-corrected chi connectivity index (χ4v) is 10.4. The maximum Gasteiger partial charge on any atom is 0.408 e. The number of fused-ring (bicyclic) bond motifs is 6. The highest BCUT2D eigenvalue weighted by molar-refractivity contribution is 7.91. The molecule has 1 aromatic carbocycles. The van der Waals surface area contributed by atoms with E-state index in [-0.39, 0.29) is 31.4 Å². The molecule has 1 saturated heterocycles. The van der Waals surface area contributed by atoms with Crippen LogP contribution >= 0.6 is 0 Å². The van der Waals surface area contributed by atoms with Crippen LogP contribution in [0.4, 0.5) is 4.79 Å². The molecule has 14 nitrogen and oxygen atoms in total. The molecule has 4 fully saturated rings. The molecule has 4 heterocycles. The van der Waals surface area contributed by atoms with Crippen LogP contribution in [0.15, 0.2) is 36.4 Å². The van der Waals surface area contributed by atoms with Crippen LogP contribution in [-0.2, 0) is 35.6 Å². The zero-order valence-corrected chi connectivity index (χ0v) is 33.0. The predicted molar refractivity (Wildman–Crippen MR) is 207 cm³/mol. The fourth-order valence-electron chi connectivity index (χ4n) is 9.06. The van der Waals surface area contributed by atoms with Crippen molar-refractivity contribution < 1.29 is 37.1 Å². The van der Waals surface area contributed by atoms with Crippen molar-refractivity contribution in [2.45, 2.75) is 151 Å². The van der Waals surface area contributed by atoms with E-state index < -0.39 is 68.2 Å². The maximum atomic E-state index is 14.7. The molecule has 8 rings (SSSR count). The number of nitrogens with zero attached hydrogens (tertiary/aromatic N) is 3. The third-order valence-electron chi connectivity index (χ3n) is 13.0. The molecule has 1 aromatic heterocycles. The minimum Gasteiger partial charge on any atom is -0.471 e. The van der Waals surface area contributed by atoms with E-state index >= 15 is 0 Å². The Labute approximate surface area is 328 Å². The summed E-state index contributed by atoms with van der Waals surface area (Å²) in [5, 5.41) is 5.82. The van der Waals surface area contributed by atoms with Crippen molar-refractivity contribution in [3.63, 3.8) is 0 Å². The van der Waals surface area contributed by atoms with Crippen LogP contribution in [0.25, 0.3) is 11.0 Å². The number of alkyl carbamates (subject to hydrolysis) is 1. The van der Waals surface area contributed by atoms with E-state index in [1.165, 1.54) is 4.90 Å². The number of rotatable bonds is 3. The first-order valence-electron chi connectivity index (χ1n) is 20.7. The Bertz CT molecular complexity index is 2000. The normalized spacial score (nSPS) is 33.0. The van der Waals surface area contributed by atoms with E-state index in [0.29, 0.717) is 55.6 Å². The molecule has 3 aliphatic carbocycles. The molecule has 3 saturated carbocycles. The summed E-state index contributed by atoms with van der Waals surface area (Å²) >= 11 is 0. The van der Waals surface area contributed by atoms with Crippen molar-refractivity contribution in [2.24, 2.45) is 11.8 Å². The van der Waals surface area contributed by atoms with E-state index in [1.54, 1.807) is 6.92 Å². The Morgan fingerprint density at radius 2 is 1.68 bits per heavy atom. The molecule has 3 bridgehead atoms. The van der Waals surface area contributed by atoms with E-state index in [0.717, 1.165) is 63.3 Å². The number of hydrogen-bond donors (Lipinski definition) is 3. The summed E-state index contributed by atoms with van der Waals surface area (Å²) in [5.41, 5.74) is 0.638. The van der Waals surface area contributed by atoms with E-state index in [2.05, 4.69) is 15.4 Å². The number of nitrogens with one attached hydrogen (secondary N) is 3. The van der Waals surface area contributed by atoms with Gasteiger partial charge < -0.3 is 25.0 Å². The summed E-state index contributed by atoms with van der Waals surface area (Å²) in [6, 6.07) is 5.56. The fraction of sp³-hybridized carbons (Fsp3) is 0.659. The Kier molecular flexibility index (Phi) is 10.7. The van der Waals surface area contributed by atoms with Crippen LogP contribution in [0.1, 0.15) is 115 Å². The summed E-state index contributed by atoms with van der Waals surface area (Å²) in [6.07, 6.45) is 14.0. The molecule has 6 aliphatic rings. The van der Waals surface area contributed by atoms with Gasteiger partial charge in [-0.2, -0.15) is 0 Å². The van der Waals surface area contributed by atoms with Gasteiger partial charge in [-0.1, -0.05) is 50.0 Å². The molecule has 0 spiro atoms. The van der Waals surface area contributed by atoms with Gasteiger partial charge in [-0.15, -0.1) is 0 Å². The highest BCUT2D eigenvalue weighted by atomic mass is 32.2. The molecule has 7 atom stereocenters. The molecule has 3 N–H and O–H groups in total. The number of allylic oxidation sites excluding steroid dienone is 1. The lowest BCUT2D eigenvalue weighted by atomic mass is 9.97. The maximum absolute atomic E-state index is 14.7. The second kappa shape index (κ2) is 15.6. The second-order valence-corrected chi connectivity index (χ2v) is 19.3. The molecule has 56 heavy (non-hydrogen) atoms. The lowest BCUT2D eigenvalue weighted by molar-refractivity contribution is -0.141. The summed E-state index contributed by atoms with van der Waals surface area (Å²) in [7, 11) is -3.98. The van der Waals surface area contributed by atoms with Gasteiger partial charge in [-0.05, 0) is 102 Å². The highest BCUT2D eigenvalue weighted by Gasteiger charge is 2.63. The van der Waals surface area contributed by atoms with Crippen LogP contribution in [0, 0.1) is 11.8 Å². The van der Waals surface area contributed by atoms with Gasteiger partial charge in [0.25, 0.3) is 5.91 Å². The molecule has 1 unspecified atom stereocenters. The number of hydrogen-bond acceptors (Lipinski definition) is 10. The number of para-hydroxylation sites is 2. The number of amides is 4. The van der Waals surface area contributed by atoms with Crippen LogP contribution in [0.5, 0.6) is 5.88 Å². The van der Waals surface area contributed by atoms with E-state index in [1.807, 2.05) is 36.4 Å². The molecule has 3 aliphatic heterocycles. The van der Waals surface area contributed by atoms with Gasteiger partial charge in [0.2, 0.25) is 27.7 Å². The minimum absolute atomic E-state index is 0.0258. The molecule has 4 amide bonds. The largest absolute Gasteiger partial charge is 0.471 e. The topological polar surface area (TPSA) is 186 Å². The number of benzene rings is 1. The number of sulfonamides is 1. The third kappa shape index (κ3) is 7.97. The second-order valence-electron chi connectivity index (χ2n) is 17.1. The summed E-state index contributed by atoms with van der Waals surface area (Å²) in [5.74, 6) is -1.61.